The molecule has 6 aromatic heterocycles. The van der Waals surface area contributed by atoms with Crippen LogP contribution in [0.15, 0.2) is 62.5 Å². The lowest BCUT2D eigenvalue weighted by Gasteiger charge is -2.42. The van der Waals surface area contributed by atoms with E-state index in [0.29, 0.717) is 5.95 Å². The van der Waals surface area contributed by atoms with Gasteiger partial charge in [0.15, 0.2) is 23.3 Å². The number of imidazole rings is 2. The third-order valence-electron chi connectivity index (χ3n) is 9.70. The number of nitrogens with zero attached hydrogens (tertiary/aromatic N) is 15. The summed E-state index contributed by atoms with van der Waals surface area (Å²) in [5.41, 5.74) is 1.65. The van der Waals surface area contributed by atoms with E-state index in [4.69, 9.17) is 16.6 Å². The number of fused-ring (bicyclic) bond motifs is 12. The molecule has 47 heavy (non-hydrogen) atoms. The van der Waals surface area contributed by atoms with Gasteiger partial charge < -0.3 is 14.8 Å². The van der Waals surface area contributed by atoms with Crippen LogP contribution in [0, 0.1) is 0 Å². The van der Waals surface area contributed by atoms with Gasteiger partial charge >= 0.3 is 0 Å². The Hall–Kier alpha value is -5.25. The Labute approximate surface area is 275 Å². The van der Waals surface area contributed by atoms with Crippen molar-refractivity contribution in [3.63, 3.8) is 0 Å². The second-order valence-electron chi connectivity index (χ2n) is 11.8. The van der Waals surface area contributed by atoms with Crippen molar-refractivity contribution in [1.29, 1.82) is 0 Å². The number of hydrogen-bond donors (Lipinski definition) is 1. The molecule has 1 N–H and O–H groups in total. The Bertz CT molecular complexity index is 1970. The molecule has 10 rings (SSSR count). The maximum atomic E-state index is 5.97. The molecule has 0 aromatic carbocycles. The lowest BCUT2D eigenvalue weighted by Crippen LogP contribution is -2.46. The van der Waals surface area contributed by atoms with Crippen molar-refractivity contribution < 1.29 is 0 Å². The Balaban J connectivity index is 0.000000122. The number of anilines is 2. The second-order valence-corrected chi connectivity index (χ2v) is 12.1. The molecule has 0 saturated carbocycles. The molecule has 0 radical (unpaired) electrons. The second kappa shape index (κ2) is 11.5. The first kappa shape index (κ1) is 29.2. The van der Waals surface area contributed by atoms with E-state index in [9.17, 15) is 0 Å². The lowest BCUT2D eigenvalue weighted by molar-refractivity contribution is 0.382. The summed E-state index contributed by atoms with van der Waals surface area (Å²) < 4.78 is 5.86. The Morgan fingerprint density at radius 2 is 1.43 bits per heavy atom. The number of hydrogen-bond acceptors (Lipinski definition) is 12. The molecule has 0 spiro atoms. The fourth-order valence-electron chi connectivity index (χ4n) is 7.51. The van der Waals surface area contributed by atoms with Gasteiger partial charge in [0, 0.05) is 37.9 Å². The Morgan fingerprint density at radius 1 is 0.787 bits per heavy atom. The van der Waals surface area contributed by atoms with E-state index in [0.717, 1.165) is 86.3 Å². The minimum Gasteiger partial charge on any atom is -0.351 e. The van der Waals surface area contributed by atoms with Crippen LogP contribution in [0.1, 0.15) is 64.0 Å². The highest BCUT2D eigenvalue weighted by molar-refractivity contribution is 6.28. The number of aromatic amines is 1. The summed E-state index contributed by atoms with van der Waals surface area (Å²) in [6, 6.07) is 0. The van der Waals surface area contributed by atoms with Crippen molar-refractivity contribution in [3.8, 4) is 17.3 Å². The van der Waals surface area contributed by atoms with E-state index in [1.807, 2.05) is 26.1 Å². The molecular weight excluding hydrogens is 620 g/mol. The molecule has 4 aliphatic rings. The van der Waals surface area contributed by atoms with Gasteiger partial charge in [0.2, 0.25) is 11.2 Å². The van der Waals surface area contributed by atoms with E-state index in [1.165, 1.54) is 0 Å². The van der Waals surface area contributed by atoms with Crippen LogP contribution in [0.4, 0.5) is 11.6 Å². The van der Waals surface area contributed by atoms with Crippen molar-refractivity contribution in [1.82, 2.24) is 69.0 Å². The fourth-order valence-corrected chi connectivity index (χ4v) is 7.63. The first-order chi connectivity index (χ1) is 23.1. The van der Waals surface area contributed by atoms with Gasteiger partial charge in [0.1, 0.15) is 41.4 Å². The molecule has 2 fully saturated rings. The first-order valence-electron chi connectivity index (χ1n) is 15.8. The summed E-state index contributed by atoms with van der Waals surface area (Å²) >= 11 is 5.97. The van der Waals surface area contributed by atoms with E-state index in [1.54, 1.807) is 50.1 Å². The monoisotopic (exact) mass is 652 g/mol. The maximum Gasteiger partial charge on any atom is 0.236 e. The zero-order valence-corrected chi connectivity index (χ0v) is 26.8. The van der Waals surface area contributed by atoms with Gasteiger partial charge in [-0.15, -0.1) is 20.4 Å². The molecule has 240 valence electrons. The van der Waals surface area contributed by atoms with Crippen molar-refractivity contribution in [2.75, 3.05) is 22.9 Å². The van der Waals surface area contributed by atoms with Crippen molar-refractivity contribution in [2.24, 2.45) is 0 Å². The van der Waals surface area contributed by atoms with Crippen LogP contribution in [-0.2, 0) is 11.1 Å². The molecule has 2 saturated heterocycles. The molecule has 0 bridgehead atoms. The summed E-state index contributed by atoms with van der Waals surface area (Å²) in [6.45, 7) is 6.35. The van der Waals surface area contributed by atoms with Gasteiger partial charge in [-0.1, -0.05) is 13.8 Å². The topological polar surface area (TPSA) is 166 Å². The van der Waals surface area contributed by atoms with Gasteiger partial charge in [-0.2, -0.15) is 9.97 Å². The smallest absolute Gasteiger partial charge is 0.236 e. The maximum absolute atomic E-state index is 5.97. The number of halogens is 1. The minimum absolute atomic E-state index is 0.0960. The Kier molecular flexibility index (Phi) is 7.15. The number of rotatable bonds is 3. The van der Waals surface area contributed by atoms with Crippen molar-refractivity contribution in [2.45, 2.75) is 63.5 Å². The van der Waals surface area contributed by atoms with Crippen LogP contribution in [-0.4, -0.2) is 82.1 Å². The van der Waals surface area contributed by atoms with Crippen molar-refractivity contribution >= 4 is 23.2 Å². The average molecular weight is 653 g/mol. The van der Waals surface area contributed by atoms with Crippen LogP contribution in [0.25, 0.3) is 17.3 Å². The molecule has 10 heterocycles. The van der Waals surface area contributed by atoms with E-state index >= 15 is 0 Å². The molecule has 4 aliphatic heterocycles. The predicted molar refractivity (Wildman–Crippen MR) is 172 cm³/mol. The largest absolute Gasteiger partial charge is 0.351 e. The highest BCUT2D eigenvalue weighted by atomic mass is 35.5. The van der Waals surface area contributed by atoms with E-state index in [-0.39, 0.29) is 16.4 Å². The first-order valence-corrected chi connectivity index (χ1v) is 16.1. The zero-order chi connectivity index (χ0) is 32.0. The van der Waals surface area contributed by atoms with E-state index < -0.39 is 0 Å². The average Bonchev–Trinajstić information content (AvgIpc) is 3.96. The molecule has 6 aromatic rings. The van der Waals surface area contributed by atoms with Crippen LogP contribution >= 0.6 is 11.6 Å². The SMILES string of the molecule is CC[C@@]12CCCN1c1nc(-n3ccnc3)ncc1-n1cnnc12.CC[C@@]12CCCN1c1nc(Cl)ncc1-n1cnnc12.c1c[nH]cn1. The van der Waals surface area contributed by atoms with Crippen LogP contribution in [0.2, 0.25) is 5.28 Å². The summed E-state index contributed by atoms with van der Waals surface area (Å²) in [4.78, 5) is 33.0. The normalized spacial score (nSPS) is 21.3. The Morgan fingerprint density at radius 3 is 1.96 bits per heavy atom. The molecule has 16 nitrogen and oxygen atoms in total. The van der Waals surface area contributed by atoms with Crippen molar-refractivity contribution in [3.05, 3.63) is 79.4 Å². The number of H-pyrrole nitrogens is 1. The molecule has 2 atom stereocenters. The summed E-state index contributed by atoms with van der Waals surface area (Å²) in [6.07, 6.45) is 23.8. The summed E-state index contributed by atoms with van der Waals surface area (Å²) in [7, 11) is 0. The third kappa shape index (κ3) is 4.49. The minimum atomic E-state index is -0.107. The van der Waals surface area contributed by atoms with Gasteiger partial charge in [-0.3, -0.25) is 13.7 Å². The lowest BCUT2D eigenvalue weighted by atomic mass is 9.90. The number of aromatic nitrogens is 14. The van der Waals surface area contributed by atoms with Gasteiger partial charge in [0.05, 0.1) is 18.7 Å². The molecule has 0 aliphatic carbocycles. The molecular formula is C30H33ClN16. The fraction of sp³-hybridized carbons (Fsp3) is 0.400. The highest BCUT2D eigenvalue weighted by Gasteiger charge is 2.50. The van der Waals surface area contributed by atoms with Gasteiger partial charge in [-0.25, -0.2) is 19.9 Å². The number of nitrogens with one attached hydrogen (secondary N) is 1. The van der Waals surface area contributed by atoms with Crippen LogP contribution in [0.5, 0.6) is 0 Å². The van der Waals surface area contributed by atoms with E-state index in [2.05, 4.69) is 73.9 Å². The van der Waals surface area contributed by atoms with Gasteiger partial charge in [0.25, 0.3) is 0 Å². The summed E-state index contributed by atoms with van der Waals surface area (Å²) in [5.74, 6) is 4.48. The quantitative estimate of drug-likeness (QED) is 0.275. The third-order valence-corrected chi connectivity index (χ3v) is 9.89. The summed E-state index contributed by atoms with van der Waals surface area (Å²) in [5, 5.41) is 17.3. The predicted octanol–water partition coefficient (Wildman–Crippen LogP) is 3.80. The molecule has 0 amide bonds. The van der Waals surface area contributed by atoms with Crippen LogP contribution < -0.4 is 9.80 Å². The van der Waals surface area contributed by atoms with Crippen LogP contribution in [0.3, 0.4) is 0 Å². The zero-order valence-electron chi connectivity index (χ0n) is 26.0. The molecule has 17 heteroatoms. The standard InChI is InChI=1S/C15H16N8.C12H13ClN6.C3H4N2/c1-2-15-4-3-6-23(15)12-11(22-10-18-20-13(15)22)8-17-14(19-12)21-7-5-16-9-21;1-2-12-4-3-5-19(12)9-8(6-14-11(13)16-9)18-7-15-17-10(12)18;1-2-5-3-4-1/h5,7-10H,2-4,6H2,1H3;6-7H,2-5H2,1H3;1-3H,(H,4,5)/t15-;12-;/m00./s1. The highest BCUT2D eigenvalue weighted by Crippen LogP contribution is 2.49. The van der Waals surface area contributed by atoms with Gasteiger partial charge in [-0.05, 0) is 50.1 Å². The molecule has 0 unspecified atom stereocenters.